The SMILES string of the molecule is CCNC(=NCc1ccccc1OC(F)F)NCCCN(C)CCOC.I. The number of alkyl halides is 2. The highest BCUT2D eigenvalue weighted by atomic mass is 127. The van der Waals surface area contributed by atoms with Gasteiger partial charge in [0, 0.05) is 32.3 Å². The molecule has 1 rings (SSSR count). The van der Waals surface area contributed by atoms with E-state index in [2.05, 4.69) is 32.3 Å². The molecule has 0 atom stereocenters. The molecule has 0 fully saturated rings. The number of nitrogens with zero attached hydrogens (tertiary/aromatic N) is 2. The lowest BCUT2D eigenvalue weighted by atomic mass is 10.2. The standard InChI is InChI=1S/C18H30F2N4O2.HI/c1-4-21-18(22-10-7-11-24(2)12-13-25-3)23-14-15-8-5-6-9-16(15)26-17(19)20;/h5-6,8-9,17H,4,7,10-14H2,1-3H3,(H2,21,22,23);1H. The molecule has 156 valence electrons. The van der Waals surface area contributed by atoms with E-state index in [1.807, 2.05) is 6.92 Å². The molecule has 0 spiro atoms. The van der Waals surface area contributed by atoms with Gasteiger partial charge in [0.25, 0.3) is 0 Å². The predicted molar refractivity (Wildman–Crippen MR) is 115 cm³/mol. The molecule has 27 heavy (non-hydrogen) atoms. The zero-order chi connectivity index (χ0) is 19.2. The highest BCUT2D eigenvalue weighted by Gasteiger charge is 2.09. The number of hydrogen-bond acceptors (Lipinski definition) is 4. The largest absolute Gasteiger partial charge is 0.434 e. The molecule has 0 aliphatic heterocycles. The molecule has 0 saturated heterocycles. The van der Waals surface area contributed by atoms with Crippen LogP contribution in [0.5, 0.6) is 5.75 Å². The molecule has 0 amide bonds. The zero-order valence-corrected chi connectivity index (χ0v) is 18.5. The van der Waals surface area contributed by atoms with E-state index in [1.54, 1.807) is 25.3 Å². The van der Waals surface area contributed by atoms with Gasteiger partial charge in [-0.1, -0.05) is 18.2 Å². The molecule has 0 aromatic heterocycles. The second-order valence-electron chi connectivity index (χ2n) is 5.76. The van der Waals surface area contributed by atoms with Crippen molar-refractivity contribution in [2.75, 3.05) is 46.9 Å². The molecule has 0 bridgehead atoms. The number of para-hydroxylation sites is 1. The molecule has 2 N–H and O–H groups in total. The van der Waals surface area contributed by atoms with Gasteiger partial charge >= 0.3 is 6.61 Å². The van der Waals surface area contributed by atoms with Gasteiger partial charge in [-0.25, -0.2) is 4.99 Å². The van der Waals surface area contributed by atoms with Crippen LogP contribution >= 0.6 is 24.0 Å². The van der Waals surface area contributed by atoms with Crippen molar-refractivity contribution in [3.63, 3.8) is 0 Å². The van der Waals surface area contributed by atoms with Crippen molar-refractivity contribution in [3.8, 4) is 5.75 Å². The lowest BCUT2D eigenvalue weighted by Gasteiger charge is -2.17. The second-order valence-corrected chi connectivity index (χ2v) is 5.76. The molecule has 1 aromatic rings. The van der Waals surface area contributed by atoms with Crippen LogP contribution < -0.4 is 15.4 Å². The van der Waals surface area contributed by atoms with Gasteiger partial charge in [-0.05, 0) is 33.0 Å². The van der Waals surface area contributed by atoms with Crippen molar-refractivity contribution in [2.24, 2.45) is 4.99 Å². The molecule has 0 radical (unpaired) electrons. The van der Waals surface area contributed by atoms with Crippen LogP contribution in [0.1, 0.15) is 18.9 Å². The van der Waals surface area contributed by atoms with Crippen LogP contribution in [0.15, 0.2) is 29.3 Å². The molecule has 0 saturated carbocycles. The summed E-state index contributed by atoms with van der Waals surface area (Å²) in [6.07, 6.45) is 0.954. The van der Waals surface area contributed by atoms with E-state index in [1.165, 1.54) is 6.07 Å². The monoisotopic (exact) mass is 500 g/mol. The Labute approximate surface area is 177 Å². The van der Waals surface area contributed by atoms with Gasteiger partial charge in [-0.3, -0.25) is 0 Å². The fraction of sp³-hybridized carbons (Fsp3) is 0.611. The Bertz CT molecular complexity index is 536. The number of hydrogen-bond donors (Lipinski definition) is 2. The van der Waals surface area contributed by atoms with E-state index in [0.717, 1.165) is 32.6 Å². The average molecular weight is 500 g/mol. The summed E-state index contributed by atoms with van der Waals surface area (Å²) in [4.78, 5) is 6.66. The minimum absolute atomic E-state index is 0. The van der Waals surface area contributed by atoms with Gasteiger partial charge in [0.1, 0.15) is 5.75 Å². The Kier molecular flexibility index (Phi) is 15.1. The van der Waals surface area contributed by atoms with E-state index in [4.69, 9.17) is 4.74 Å². The summed E-state index contributed by atoms with van der Waals surface area (Å²) in [5, 5.41) is 6.41. The number of likely N-dealkylation sites (N-methyl/N-ethyl adjacent to an activating group) is 1. The van der Waals surface area contributed by atoms with Gasteiger partial charge in [0.15, 0.2) is 5.96 Å². The quantitative estimate of drug-likeness (QED) is 0.200. The number of halogens is 3. The Hall–Kier alpha value is -1.20. The van der Waals surface area contributed by atoms with Gasteiger partial charge in [-0.2, -0.15) is 8.78 Å². The fourth-order valence-electron chi connectivity index (χ4n) is 2.27. The van der Waals surface area contributed by atoms with E-state index in [-0.39, 0.29) is 36.3 Å². The van der Waals surface area contributed by atoms with Gasteiger partial charge in [0.05, 0.1) is 13.2 Å². The highest BCUT2D eigenvalue weighted by Crippen LogP contribution is 2.20. The third kappa shape index (κ3) is 12.0. The molecule has 9 heteroatoms. The van der Waals surface area contributed by atoms with Crippen LogP contribution in [0.25, 0.3) is 0 Å². The molecule has 6 nitrogen and oxygen atoms in total. The molecule has 0 aliphatic rings. The zero-order valence-electron chi connectivity index (χ0n) is 16.2. The Morgan fingerprint density at radius 3 is 2.63 bits per heavy atom. The maximum atomic E-state index is 12.5. The first kappa shape index (κ1) is 25.8. The maximum Gasteiger partial charge on any atom is 0.387 e. The molecular weight excluding hydrogens is 469 g/mol. The maximum absolute atomic E-state index is 12.5. The van der Waals surface area contributed by atoms with Crippen LogP contribution in [-0.4, -0.2) is 64.4 Å². The summed E-state index contributed by atoms with van der Waals surface area (Å²) < 4.78 is 34.5. The van der Waals surface area contributed by atoms with Crippen molar-refractivity contribution in [3.05, 3.63) is 29.8 Å². The number of nitrogens with one attached hydrogen (secondary N) is 2. The first-order chi connectivity index (χ1) is 12.6. The van der Waals surface area contributed by atoms with Crippen molar-refractivity contribution >= 4 is 29.9 Å². The predicted octanol–water partition coefficient (Wildman–Crippen LogP) is 2.93. The number of methoxy groups -OCH3 is 1. The Morgan fingerprint density at radius 1 is 1.22 bits per heavy atom. The summed E-state index contributed by atoms with van der Waals surface area (Å²) >= 11 is 0. The smallest absolute Gasteiger partial charge is 0.387 e. The molecular formula is C18H31F2IN4O2. The van der Waals surface area contributed by atoms with Gasteiger partial charge in [0.2, 0.25) is 0 Å². The summed E-state index contributed by atoms with van der Waals surface area (Å²) in [5.41, 5.74) is 0.615. The summed E-state index contributed by atoms with van der Waals surface area (Å²) in [5.74, 6) is 0.806. The number of aliphatic imine (C=N–C) groups is 1. The minimum atomic E-state index is -2.85. The number of rotatable bonds is 12. The first-order valence-electron chi connectivity index (χ1n) is 8.79. The van der Waals surface area contributed by atoms with E-state index in [9.17, 15) is 8.78 Å². The average Bonchev–Trinajstić information content (AvgIpc) is 2.62. The van der Waals surface area contributed by atoms with E-state index >= 15 is 0 Å². The van der Waals surface area contributed by atoms with Crippen molar-refractivity contribution < 1.29 is 18.3 Å². The third-order valence-electron chi connectivity index (χ3n) is 3.63. The summed E-state index contributed by atoms with van der Waals surface area (Å²) in [7, 11) is 3.75. The van der Waals surface area contributed by atoms with Crippen LogP contribution in [-0.2, 0) is 11.3 Å². The van der Waals surface area contributed by atoms with Crippen molar-refractivity contribution in [1.29, 1.82) is 0 Å². The molecule has 0 unspecified atom stereocenters. The van der Waals surface area contributed by atoms with E-state index in [0.29, 0.717) is 18.1 Å². The summed E-state index contributed by atoms with van der Waals surface area (Å²) in [6.45, 7) is 3.42. The number of benzene rings is 1. The first-order valence-corrected chi connectivity index (χ1v) is 8.79. The molecule has 0 heterocycles. The van der Waals surface area contributed by atoms with Gasteiger partial charge in [-0.15, -0.1) is 24.0 Å². The Morgan fingerprint density at radius 2 is 1.96 bits per heavy atom. The van der Waals surface area contributed by atoms with E-state index < -0.39 is 6.61 Å². The third-order valence-corrected chi connectivity index (χ3v) is 3.63. The van der Waals surface area contributed by atoms with Crippen LogP contribution in [0.3, 0.4) is 0 Å². The lowest BCUT2D eigenvalue weighted by Crippen LogP contribution is -2.38. The normalized spacial score (nSPS) is 11.4. The topological polar surface area (TPSA) is 58.1 Å². The number of guanidine groups is 1. The highest BCUT2D eigenvalue weighted by molar-refractivity contribution is 14.0. The van der Waals surface area contributed by atoms with Crippen LogP contribution in [0.4, 0.5) is 8.78 Å². The minimum Gasteiger partial charge on any atom is -0.434 e. The van der Waals surface area contributed by atoms with Crippen molar-refractivity contribution in [1.82, 2.24) is 15.5 Å². The van der Waals surface area contributed by atoms with Gasteiger partial charge < -0.3 is 25.0 Å². The summed E-state index contributed by atoms with van der Waals surface area (Å²) in [6, 6.07) is 6.69. The number of ether oxygens (including phenoxy) is 2. The van der Waals surface area contributed by atoms with Crippen LogP contribution in [0.2, 0.25) is 0 Å². The fourth-order valence-corrected chi connectivity index (χ4v) is 2.27. The molecule has 0 aliphatic carbocycles. The van der Waals surface area contributed by atoms with Crippen molar-refractivity contribution in [2.45, 2.75) is 26.5 Å². The Balaban J connectivity index is 0.00000676. The molecule has 1 aromatic carbocycles. The van der Waals surface area contributed by atoms with Crippen LogP contribution in [0, 0.1) is 0 Å². The lowest BCUT2D eigenvalue weighted by molar-refractivity contribution is -0.0504. The second kappa shape index (κ2) is 15.8.